The SMILES string of the molecule is C=CCCCCN(C)C(=O)C1CC(Oc2nc(-c3ccccc3)nc3ccccc23)CC1C(=O)NC1(C(=O)OCC)CC1C=C. The van der Waals surface area contributed by atoms with Crippen molar-refractivity contribution in [3.05, 3.63) is 79.9 Å². The van der Waals surface area contributed by atoms with Gasteiger partial charge in [-0.15, -0.1) is 13.2 Å². The number of unbranched alkanes of at least 4 members (excludes halogenated alkanes) is 2. The molecule has 0 spiro atoms. The molecule has 2 aromatic carbocycles. The number of para-hydroxylation sites is 1. The zero-order chi connectivity index (χ0) is 32.0. The van der Waals surface area contributed by atoms with E-state index in [0.29, 0.717) is 37.5 Å². The first-order valence-corrected chi connectivity index (χ1v) is 15.8. The highest BCUT2D eigenvalue weighted by molar-refractivity contribution is 5.95. The summed E-state index contributed by atoms with van der Waals surface area (Å²) in [6.07, 6.45) is 6.77. The van der Waals surface area contributed by atoms with Crippen molar-refractivity contribution < 1.29 is 23.9 Å². The number of esters is 1. The Kier molecular flexibility index (Phi) is 9.96. The quantitative estimate of drug-likeness (QED) is 0.146. The Balaban J connectivity index is 1.41. The number of fused-ring (bicyclic) bond motifs is 1. The number of hydrogen-bond acceptors (Lipinski definition) is 7. The van der Waals surface area contributed by atoms with Gasteiger partial charge >= 0.3 is 5.97 Å². The van der Waals surface area contributed by atoms with E-state index in [1.54, 1.807) is 24.9 Å². The lowest BCUT2D eigenvalue weighted by Gasteiger charge is -2.26. The van der Waals surface area contributed by atoms with E-state index in [-0.39, 0.29) is 24.3 Å². The molecule has 1 N–H and O–H groups in total. The third-order valence-electron chi connectivity index (χ3n) is 8.87. The number of rotatable bonds is 14. The number of ether oxygens (including phenoxy) is 2. The lowest BCUT2D eigenvalue weighted by Crippen LogP contribution is -2.50. The summed E-state index contributed by atoms with van der Waals surface area (Å²) in [4.78, 5) is 52.0. The monoisotopic (exact) mass is 610 g/mol. The molecule has 2 fully saturated rings. The molecule has 1 aromatic heterocycles. The second-order valence-corrected chi connectivity index (χ2v) is 11.9. The fourth-order valence-electron chi connectivity index (χ4n) is 6.27. The Morgan fingerprint density at radius 1 is 1.02 bits per heavy atom. The van der Waals surface area contributed by atoms with Crippen LogP contribution in [0.1, 0.15) is 45.4 Å². The first-order valence-electron chi connectivity index (χ1n) is 15.8. The minimum absolute atomic E-state index is 0.112. The Labute approximate surface area is 264 Å². The van der Waals surface area contributed by atoms with Gasteiger partial charge in [0.15, 0.2) is 5.82 Å². The van der Waals surface area contributed by atoms with Gasteiger partial charge < -0.3 is 19.7 Å². The molecule has 5 atom stereocenters. The van der Waals surface area contributed by atoms with E-state index < -0.39 is 29.4 Å². The fourth-order valence-corrected chi connectivity index (χ4v) is 6.27. The van der Waals surface area contributed by atoms with Crippen LogP contribution in [0.25, 0.3) is 22.3 Å². The Morgan fingerprint density at radius 3 is 2.47 bits per heavy atom. The predicted molar refractivity (Wildman–Crippen MR) is 173 cm³/mol. The molecule has 3 aromatic rings. The van der Waals surface area contributed by atoms with Crippen LogP contribution in [-0.2, 0) is 19.1 Å². The number of aromatic nitrogens is 2. The summed E-state index contributed by atoms with van der Waals surface area (Å²) in [5.74, 6) is -1.54. The Bertz CT molecular complexity index is 1560. The fraction of sp³-hybridized carbons (Fsp3) is 0.417. The van der Waals surface area contributed by atoms with Crippen LogP contribution < -0.4 is 10.1 Å². The molecule has 1 heterocycles. The highest BCUT2D eigenvalue weighted by Gasteiger charge is 2.62. The van der Waals surface area contributed by atoms with E-state index in [2.05, 4.69) is 18.5 Å². The maximum atomic E-state index is 13.9. The molecule has 9 heteroatoms. The highest BCUT2D eigenvalue weighted by atomic mass is 16.5. The first kappa shape index (κ1) is 31.9. The van der Waals surface area contributed by atoms with Gasteiger partial charge in [-0.25, -0.2) is 9.78 Å². The van der Waals surface area contributed by atoms with Crippen LogP contribution in [0.15, 0.2) is 79.9 Å². The summed E-state index contributed by atoms with van der Waals surface area (Å²) in [5.41, 5.74) is 0.445. The van der Waals surface area contributed by atoms with Gasteiger partial charge in [0.25, 0.3) is 0 Å². The van der Waals surface area contributed by atoms with Crippen LogP contribution in [0, 0.1) is 17.8 Å². The molecule has 0 bridgehead atoms. The minimum Gasteiger partial charge on any atom is -0.474 e. The maximum Gasteiger partial charge on any atom is 0.332 e. The molecular weight excluding hydrogens is 568 g/mol. The molecular formula is C36H42N4O5. The predicted octanol–water partition coefficient (Wildman–Crippen LogP) is 5.51. The zero-order valence-corrected chi connectivity index (χ0v) is 26.1. The van der Waals surface area contributed by atoms with Crippen molar-refractivity contribution >= 4 is 28.7 Å². The largest absolute Gasteiger partial charge is 0.474 e. The summed E-state index contributed by atoms with van der Waals surface area (Å²) >= 11 is 0. The van der Waals surface area contributed by atoms with Crippen LogP contribution in [0.3, 0.4) is 0 Å². The van der Waals surface area contributed by atoms with Gasteiger partial charge in [-0.05, 0) is 57.6 Å². The highest BCUT2D eigenvalue weighted by Crippen LogP contribution is 2.46. The normalized spacial score (nSPS) is 23.6. The Hall–Kier alpha value is -4.53. The van der Waals surface area contributed by atoms with Gasteiger partial charge in [-0.3, -0.25) is 9.59 Å². The van der Waals surface area contributed by atoms with Crippen molar-refractivity contribution in [2.75, 3.05) is 20.2 Å². The summed E-state index contributed by atoms with van der Waals surface area (Å²) in [6, 6.07) is 17.3. The number of allylic oxidation sites excluding steroid dienone is 1. The molecule has 2 aliphatic carbocycles. The molecule has 236 valence electrons. The van der Waals surface area contributed by atoms with Crippen molar-refractivity contribution in [3.8, 4) is 17.3 Å². The molecule has 0 saturated heterocycles. The lowest BCUT2D eigenvalue weighted by molar-refractivity contribution is -0.150. The van der Waals surface area contributed by atoms with E-state index in [1.165, 1.54) is 0 Å². The topological polar surface area (TPSA) is 111 Å². The van der Waals surface area contributed by atoms with Gasteiger partial charge in [-0.2, -0.15) is 4.98 Å². The number of hydrogen-bond donors (Lipinski definition) is 1. The molecule has 2 amide bonds. The minimum atomic E-state index is -1.15. The van der Waals surface area contributed by atoms with Crippen molar-refractivity contribution in [1.82, 2.24) is 20.2 Å². The smallest absolute Gasteiger partial charge is 0.332 e. The molecule has 5 rings (SSSR count). The third-order valence-corrected chi connectivity index (χ3v) is 8.87. The lowest BCUT2D eigenvalue weighted by atomic mass is 9.93. The number of carbonyl (C=O) groups excluding carboxylic acids is 3. The van der Waals surface area contributed by atoms with E-state index >= 15 is 0 Å². The molecule has 45 heavy (non-hydrogen) atoms. The van der Waals surface area contributed by atoms with Crippen LogP contribution in [0.4, 0.5) is 0 Å². The van der Waals surface area contributed by atoms with E-state index in [9.17, 15) is 14.4 Å². The third kappa shape index (κ3) is 6.92. The van der Waals surface area contributed by atoms with Gasteiger partial charge in [0.05, 0.1) is 29.3 Å². The van der Waals surface area contributed by atoms with E-state index in [0.717, 1.165) is 35.7 Å². The van der Waals surface area contributed by atoms with Gasteiger partial charge in [0, 0.05) is 25.1 Å². The second kappa shape index (κ2) is 14.1. The van der Waals surface area contributed by atoms with Crippen LogP contribution in [0.2, 0.25) is 0 Å². The Morgan fingerprint density at radius 2 is 1.76 bits per heavy atom. The van der Waals surface area contributed by atoms with Crippen molar-refractivity contribution in [3.63, 3.8) is 0 Å². The first-order chi connectivity index (χ1) is 21.8. The average molecular weight is 611 g/mol. The zero-order valence-electron chi connectivity index (χ0n) is 26.1. The molecule has 2 aliphatic rings. The average Bonchev–Trinajstić information content (AvgIpc) is 3.62. The molecule has 5 unspecified atom stereocenters. The van der Waals surface area contributed by atoms with Crippen molar-refractivity contribution in [1.29, 1.82) is 0 Å². The van der Waals surface area contributed by atoms with Crippen molar-refractivity contribution in [2.24, 2.45) is 17.8 Å². The number of amides is 2. The number of benzene rings is 2. The van der Waals surface area contributed by atoms with Crippen molar-refractivity contribution in [2.45, 2.75) is 57.1 Å². The van der Waals surface area contributed by atoms with Crippen LogP contribution in [0.5, 0.6) is 5.88 Å². The maximum absolute atomic E-state index is 13.9. The summed E-state index contributed by atoms with van der Waals surface area (Å²) in [5, 5.41) is 3.73. The van der Waals surface area contributed by atoms with Gasteiger partial charge in [0.2, 0.25) is 17.7 Å². The van der Waals surface area contributed by atoms with E-state index in [1.807, 2.05) is 60.7 Å². The van der Waals surface area contributed by atoms with Gasteiger partial charge in [0.1, 0.15) is 11.6 Å². The molecule has 0 radical (unpaired) electrons. The van der Waals surface area contributed by atoms with Crippen LogP contribution in [-0.4, -0.2) is 64.5 Å². The van der Waals surface area contributed by atoms with E-state index in [4.69, 9.17) is 19.4 Å². The molecule has 0 aliphatic heterocycles. The van der Waals surface area contributed by atoms with Gasteiger partial charge in [-0.1, -0.05) is 54.6 Å². The number of nitrogens with zero attached hydrogens (tertiary/aromatic N) is 3. The molecule has 9 nitrogen and oxygen atoms in total. The molecule has 2 saturated carbocycles. The summed E-state index contributed by atoms with van der Waals surface area (Å²) in [7, 11) is 1.78. The summed E-state index contributed by atoms with van der Waals surface area (Å²) in [6.45, 7) is 10.1. The second-order valence-electron chi connectivity index (χ2n) is 11.9. The number of nitrogens with one attached hydrogen (secondary N) is 1. The van der Waals surface area contributed by atoms with Crippen LogP contribution >= 0.6 is 0 Å². The standard InChI is InChI=1S/C36H42N4O5/c1-5-8-9-15-20-40(4)34(42)29-22-26(21-28(29)32(41)39-36(23-25(36)6-2)35(43)44-7-3)45-33-27-18-13-14-19-30(27)37-31(38-33)24-16-11-10-12-17-24/h5-6,10-14,16-19,25-26,28-29H,1-2,7-9,15,20-23H2,3-4H3,(H,39,41). The number of carbonyl (C=O) groups is 3. The summed E-state index contributed by atoms with van der Waals surface area (Å²) < 4.78 is 11.9.